The first-order valence-electron chi connectivity index (χ1n) is 16.3. The van der Waals surface area contributed by atoms with E-state index in [-0.39, 0.29) is 17.1 Å². The summed E-state index contributed by atoms with van der Waals surface area (Å²) in [6.07, 6.45) is 0. The van der Waals surface area contributed by atoms with Gasteiger partial charge in [0, 0.05) is 27.6 Å². The maximum atomic E-state index is 4.84. The van der Waals surface area contributed by atoms with E-state index in [0.29, 0.717) is 0 Å². The third kappa shape index (κ3) is 4.53. The van der Waals surface area contributed by atoms with Crippen molar-refractivity contribution >= 4 is 74.2 Å². The molecule has 0 bridgehead atoms. The molecule has 0 N–H and O–H groups in total. The molecule has 1 aromatic heterocycles. The number of isothiocyanates is 2. The van der Waals surface area contributed by atoms with Crippen LogP contribution in [0, 0.1) is 0 Å². The summed E-state index contributed by atoms with van der Waals surface area (Å²) >= 11 is 9.68. The Kier molecular flexibility index (Phi) is 6.99. The molecule has 0 radical (unpaired) electrons. The molecule has 7 heteroatoms. The molecule has 0 atom stereocenters. The topological polar surface area (TPSA) is 53.7 Å². The Morgan fingerprint density at radius 1 is 0.540 bits per heavy atom. The van der Waals surface area contributed by atoms with Crippen molar-refractivity contribution in [3.63, 3.8) is 0 Å². The summed E-state index contributed by atoms with van der Waals surface area (Å²) in [7, 11) is 0. The molecule has 0 unspecified atom stereocenters. The molecule has 2 aliphatic rings. The lowest BCUT2D eigenvalue weighted by atomic mass is 9.73. The van der Waals surface area contributed by atoms with E-state index in [1.807, 2.05) is 0 Å². The number of anilines is 3. The lowest BCUT2D eigenvalue weighted by Crippen LogP contribution is -2.30. The molecule has 7 aromatic rings. The number of hydrogen-bond donors (Lipinski definition) is 0. The summed E-state index contributed by atoms with van der Waals surface area (Å²) < 4.78 is 0. The van der Waals surface area contributed by atoms with Crippen molar-refractivity contribution in [2.45, 2.75) is 19.3 Å². The molecule has 6 aromatic carbocycles. The summed E-state index contributed by atoms with van der Waals surface area (Å²) in [6, 6.07) is 45.7. The van der Waals surface area contributed by atoms with Gasteiger partial charge in [-0.1, -0.05) is 117 Å². The highest BCUT2D eigenvalue weighted by Crippen LogP contribution is 2.52. The highest BCUT2D eigenvalue weighted by molar-refractivity contribution is 7.78. The standard InChI is InChI=1S/C43H27N5S2/c1-43(2)34-10-3-5-12-36(34)48(37-13-6-4-11-35(37)43)29-20-18-27(19-21-29)26-14-16-28(17-15-26)30-22-23-33-38-31(30)8-7-9-32(38)39-40(33)47-42(45-25-50)41(46-39)44-24-49/h3-23H,1-2H3. The monoisotopic (exact) mass is 677 g/mol. The number of aromatic nitrogens is 2. The van der Waals surface area contributed by atoms with Crippen LogP contribution in [0.3, 0.4) is 0 Å². The van der Waals surface area contributed by atoms with Gasteiger partial charge in [-0.15, -0.1) is 0 Å². The molecule has 2 heterocycles. The Balaban J connectivity index is 1.06. The van der Waals surface area contributed by atoms with E-state index >= 15 is 0 Å². The second kappa shape index (κ2) is 11.6. The van der Waals surface area contributed by atoms with E-state index in [0.717, 1.165) is 61.2 Å². The normalized spacial score (nSPS) is 13.1. The lowest BCUT2D eigenvalue weighted by Gasteiger charge is -2.42. The minimum atomic E-state index is -0.0840. The van der Waals surface area contributed by atoms with Gasteiger partial charge in [0.1, 0.15) is 0 Å². The summed E-state index contributed by atoms with van der Waals surface area (Å²) in [4.78, 5) is 20.1. The van der Waals surface area contributed by atoms with Gasteiger partial charge in [-0.2, -0.15) is 9.98 Å². The molecular formula is C43H27N5S2. The molecule has 1 aliphatic carbocycles. The van der Waals surface area contributed by atoms with Crippen LogP contribution in [0.25, 0.3) is 55.5 Å². The van der Waals surface area contributed by atoms with Crippen LogP contribution in [0.15, 0.2) is 137 Å². The lowest BCUT2D eigenvalue weighted by molar-refractivity contribution is 0.632. The van der Waals surface area contributed by atoms with Crippen LogP contribution in [0.4, 0.5) is 28.7 Å². The van der Waals surface area contributed by atoms with Gasteiger partial charge in [-0.05, 0) is 87.5 Å². The Morgan fingerprint density at radius 2 is 1.04 bits per heavy atom. The van der Waals surface area contributed by atoms with E-state index in [9.17, 15) is 0 Å². The van der Waals surface area contributed by atoms with E-state index in [4.69, 9.17) is 34.4 Å². The second-order valence-corrected chi connectivity index (χ2v) is 13.3. The first-order valence-corrected chi connectivity index (χ1v) is 17.1. The quantitative estimate of drug-likeness (QED) is 0.134. The zero-order valence-electron chi connectivity index (χ0n) is 27.2. The minimum Gasteiger partial charge on any atom is -0.310 e. The van der Waals surface area contributed by atoms with Crippen molar-refractivity contribution in [1.29, 1.82) is 0 Å². The zero-order chi connectivity index (χ0) is 34.0. The highest BCUT2D eigenvalue weighted by atomic mass is 32.1. The molecule has 236 valence electrons. The molecule has 0 fully saturated rings. The molecule has 1 aliphatic heterocycles. The van der Waals surface area contributed by atoms with E-state index in [2.05, 4.69) is 166 Å². The van der Waals surface area contributed by atoms with Crippen LogP contribution in [0.2, 0.25) is 0 Å². The van der Waals surface area contributed by atoms with Crippen LogP contribution in [-0.2, 0) is 5.41 Å². The Bertz CT molecular complexity index is 2530. The van der Waals surface area contributed by atoms with Gasteiger partial charge >= 0.3 is 0 Å². The van der Waals surface area contributed by atoms with Crippen molar-refractivity contribution in [1.82, 2.24) is 9.97 Å². The minimum absolute atomic E-state index is 0.0840. The van der Waals surface area contributed by atoms with E-state index in [1.54, 1.807) is 0 Å². The number of para-hydroxylation sites is 2. The van der Waals surface area contributed by atoms with Crippen molar-refractivity contribution in [3.05, 3.63) is 139 Å². The maximum Gasteiger partial charge on any atom is 0.209 e. The fraction of sp³-hybridized carbons (Fsp3) is 0.0698. The fourth-order valence-electron chi connectivity index (χ4n) is 7.68. The van der Waals surface area contributed by atoms with Gasteiger partial charge < -0.3 is 4.90 Å². The first kappa shape index (κ1) is 30.1. The molecule has 9 rings (SSSR count). The highest BCUT2D eigenvalue weighted by Gasteiger charge is 2.36. The van der Waals surface area contributed by atoms with Crippen LogP contribution < -0.4 is 4.90 Å². The maximum absolute atomic E-state index is 4.84. The molecule has 50 heavy (non-hydrogen) atoms. The van der Waals surface area contributed by atoms with Crippen LogP contribution >= 0.6 is 24.4 Å². The van der Waals surface area contributed by atoms with Crippen LogP contribution in [0.1, 0.15) is 25.0 Å². The number of thiocarbonyl (C=S) groups is 2. The van der Waals surface area contributed by atoms with Crippen molar-refractivity contribution < 1.29 is 0 Å². The molecule has 5 nitrogen and oxygen atoms in total. The summed E-state index contributed by atoms with van der Waals surface area (Å²) in [5.41, 5.74) is 14.2. The summed E-state index contributed by atoms with van der Waals surface area (Å²) in [6.45, 7) is 4.63. The second-order valence-electron chi connectivity index (χ2n) is 13.0. The van der Waals surface area contributed by atoms with Crippen molar-refractivity contribution in [2.24, 2.45) is 9.98 Å². The smallest absolute Gasteiger partial charge is 0.209 e. The molecule has 0 spiro atoms. The average molecular weight is 678 g/mol. The fourth-order valence-corrected chi connectivity index (χ4v) is 7.85. The number of hydrogen-bond acceptors (Lipinski definition) is 7. The first-order chi connectivity index (χ1) is 24.5. The van der Waals surface area contributed by atoms with Crippen molar-refractivity contribution in [2.75, 3.05) is 4.90 Å². The molecule has 0 saturated carbocycles. The van der Waals surface area contributed by atoms with Gasteiger partial charge in [-0.3, -0.25) is 0 Å². The van der Waals surface area contributed by atoms with E-state index in [1.165, 1.54) is 22.5 Å². The number of benzene rings is 6. The Morgan fingerprint density at radius 3 is 1.62 bits per heavy atom. The van der Waals surface area contributed by atoms with Crippen LogP contribution in [0.5, 0.6) is 0 Å². The zero-order valence-corrected chi connectivity index (χ0v) is 28.8. The Labute approximate surface area is 300 Å². The van der Waals surface area contributed by atoms with Gasteiger partial charge in [-0.25, -0.2) is 9.97 Å². The van der Waals surface area contributed by atoms with Gasteiger partial charge in [0.15, 0.2) is 0 Å². The number of aliphatic imine (C=N–C) groups is 2. The summed E-state index contributed by atoms with van der Waals surface area (Å²) in [5, 5.41) is 6.98. The Hall–Kier alpha value is -5.94. The van der Waals surface area contributed by atoms with Gasteiger partial charge in [0.25, 0.3) is 0 Å². The molecule has 0 saturated heterocycles. The number of rotatable bonds is 5. The SMILES string of the molecule is CC1(C)c2ccccc2N(c2ccc(-c3ccc(-c4ccc5c6c(cccc46)-c4nc(N=C=S)c(N=C=S)nc4-5)cc3)cc2)c2ccccc21. The van der Waals surface area contributed by atoms with Crippen LogP contribution in [-0.4, -0.2) is 20.3 Å². The number of fused-ring (bicyclic) bond motifs is 5. The third-order valence-electron chi connectivity index (χ3n) is 10.0. The van der Waals surface area contributed by atoms with Crippen molar-refractivity contribution in [3.8, 4) is 44.8 Å². The third-order valence-corrected chi connectivity index (χ3v) is 10.2. The summed E-state index contributed by atoms with van der Waals surface area (Å²) in [5.74, 6) is 0.554. The average Bonchev–Trinajstić information content (AvgIpc) is 3.46. The molecule has 0 amide bonds. The number of nitrogens with zero attached hydrogens (tertiary/aromatic N) is 5. The van der Waals surface area contributed by atoms with E-state index < -0.39 is 0 Å². The largest absolute Gasteiger partial charge is 0.310 e. The van der Waals surface area contributed by atoms with Gasteiger partial charge in [0.05, 0.1) is 33.1 Å². The predicted octanol–water partition coefficient (Wildman–Crippen LogP) is 12.2. The molecular weight excluding hydrogens is 651 g/mol. The predicted molar refractivity (Wildman–Crippen MR) is 211 cm³/mol. The van der Waals surface area contributed by atoms with Gasteiger partial charge in [0.2, 0.25) is 11.6 Å².